The van der Waals surface area contributed by atoms with E-state index in [1.165, 1.54) is 49.4 Å². The second kappa shape index (κ2) is 4.99. The number of aryl methyl sites for hydroxylation is 1. The largest absolute Gasteiger partial charge is 0.287 e. The molecule has 5 rings (SSSR count). The predicted octanol–water partition coefficient (Wildman–Crippen LogP) is 4.16. The molecule has 3 nitrogen and oxygen atoms in total. The van der Waals surface area contributed by atoms with Crippen LogP contribution in [0.25, 0.3) is 0 Å². The first kappa shape index (κ1) is 14.1. The topological polar surface area (TPSA) is 34.9 Å². The van der Waals surface area contributed by atoms with Crippen LogP contribution in [0.5, 0.6) is 0 Å². The zero-order valence-electron chi connectivity index (χ0n) is 12.0. The molecule has 4 aliphatic rings. The van der Waals surface area contributed by atoms with E-state index in [0.29, 0.717) is 12.0 Å². The minimum Gasteiger partial charge on any atom is -0.266 e. The van der Waals surface area contributed by atoms with Crippen molar-refractivity contribution in [1.29, 1.82) is 0 Å². The van der Waals surface area contributed by atoms with Crippen molar-refractivity contribution in [2.75, 3.05) is 0 Å². The lowest BCUT2D eigenvalue weighted by molar-refractivity contribution is -0.0597. The standard InChI is InChI=1S/C16H20Cl2N2O/c17-13-9-19-20(15(21)14(13)18)2-1-16-6-10-3-11(7-16)5-12(4-10)8-16/h9-12H,1-8H2. The monoisotopic (exact) mass is 326 g/mol. The number of hydrogen-bond acceptors (Lipinski definition) is 2. The van der Waals surface area contributed by atoms with Crippen LogP contribution in [0, 0.1) is 23.2 Å². The maximum atomic E-state index is 12.1. The summed E-state index contributed by atoms with van der Waals surface area (Å²) >= 11 is 11.8. The highest BCUT2D eigenvalue weighted by molar-refractivity contribution is 6.41. The molecule has 4 fully saturated rings. The van der Waals surface area contributed by atoms with Crippen molar-refractivity contribution in [2.45, 2.75) is 51.5 Å². The van der Waals surface area contributed by atoms with Crippen LogP contribution in [0.4, 0.5) is 0 Å². The molecule has 1 aromatic heterocycles. The highest BCUT2D eigenvalue weighted by Crippen LogP contribution is 2.61. The quantitative estimate of drug-likeness (QED) is 0.836. The third-order valence-corrected chi connectivity index (χ3v) is 6.71. The van der Waals surface area contributed by atoms with Gasteiger partial charge in [0.25, 0.3) is 5.56 Å². The van der Waals surface area contributed by atoms with Crippen LogP contribution < -0.4 is 5.56 Å². The molecule has 0 atom stereocenters. The van der Waals surface area contributed by atoms with Gasteiger partial charge in [-0.1, -0.05) is 23.2 Å². The molecule has 4 bridgehead atoms. The van der Waals surface area contributed by atoms with E-state index in [9.17, 15) is 4.79 Å². The molecule has 114 valence electrons. The first-order valence-electron chi connectivity index (χ1n) is 7.96. The normalized spacial score (nSPS) is 37.1. The average molecular weight is 327 g/mol. The lowest BCUT2D eigenvalue weighted by Gasteiger charge is -2.57. The van der Waals surface area contributed by atoms with Gasteiger partial charge >= 0.3 is 0 Å². The van der Waals surface area contributed by atoms with Gasteiger partial charge in [0, 0.05) is 6.54 Å². The molecule has 0 aromatic carbocycles. The van der Waals surface area contributed by atoms with E-state index in [4.69, 9.17) is 23.2 Å². The number of rotatable bonds is 3. The Morgan fingerprint density at radius 2 is 1.71 bits per heavy atom. The van der Waals surface area contributed by atoms with Crippen LogP contribution in [0.1, 0.15) is 44.9 Å². The Labute approximate surface area is 134 Å². The third-order valence-electron chi connectivity index (χ3n) is 5.96. The van der Waals surface area contributed by atoms with Gasteiger partial charge in [0.2, 0.25) is 0 Å². The maximum absolute atomic E-state index is 12.1. The summed E-state index contributed by atoms with van der Waals surface area (Å²) < 4.78 is 1.49. The summed E-state index contributed by atoms with van der Waals surface area (Å²) in [5.41, 5.74) is 0.205. The highest BCUT2D eigenvalue weighted by Gasteiger charge is 2.50. The minimum absolute atomic E-state index is 0.0946. The molecule has 0 amide bonds. The summed E-state index contributed by atoms with van der Waals surface area (Å²) in [4.78, 5) is 12.1. The Hall–Kier alpha value is -0.540. The predicted molar refractivity (Wildman–Crippen MR) is 83.7 cm³/mol. The average Bonchev–Trinajstić information content (AvgIpc) is 2.42. The van der Waals surface area contributed by atoms with Gasteiger partial charge in [-0.2, -0.15) is 5.10 Å². The van der Waals surface area contributed by atoms with Gasteiger partial charge < -0.3 is 0 Å². The van der Waals surface area contributed by atoms with Gasteiger partial charge in [0.1, 0.15) is 5.02 Å². The molecule has 0 unspecified atom stereocenters. The Kier molecular flexibility index (Phi) is 3.34. The molecule has 4 saturated carbocycles. The van der Waals surface area contributed by atoms with E-state index in [0.717, 1.165) is 24.2 Å². The Balaban J connectivity index is 1.52. The highest BCUT2D eigenvalue weighted by atomic mass is 35.5. The van der Waals surface area contributed by atoms with Crippen molar-refractivity contribution in [3.63, 3.8) is 0 Å². The van der Waals surface area contributed by atoms with E-state index in [1.54, 1.807) is 0 Å². The Bertz CT molecular complexity index is 590. The van der Waals surface area contributed by atoms with Crippen molar-refractivity contribution in [3.8, 4) is 0 Å². The zero-order chi connectivity index (χ0) is 14.6. The second-order valence-corrected chi connectivity index (χ2v) is 8.29. The van der Waals surface area contributed by atoms with E-state index >= 15 is 0 Å². The van der Waals surface area contributed by atoms with E-state index < -0.39 is 0 Å². The minimum atomic E-state index is -0.256. The van der Waals surface area contributed by atoms with Crippen molar-refractivity contribution >= 4 is 23.2 Å². The summed E-state index contributed by atoms with van der Waals surface area (Å²) in [6.07, 6.45) is 10.9. The molecular weight excluding hydrogens is 307 g/mol. The molecule has 0 spiro atoms. The molecule has 1 aromatic rings. The number of halogens is 2. The van der Waals surface area contributed by atoms with Crippen LogP contribution in [0.3, 0.4) is 0 Å². The van der Waals surface area contributed by atoms with Crippen LogP contribution in [0.15, 0.2) is 11.0 Å². The number of nitrogens with zero attached hydrogens (tertiary/aromatic N) is 2. The van der Waals surface area contributed by atoms with Crippen molar-refractivity contribution in [2.24, 2.45) is 23.2 Å². The zero-order valence-corrected chi connectivity index (χ0v) is 13.5. The van der Waals surface area contributed by atoms with E-state index in [-0.39, 0.29) is 15.6 Å². The van der Waals surface area contributed by atoms with Gasteiger partial charge in [-0.05, 0) is 68.1 Å². The van der Waals surface area contributed by atoms with Crippen LogP contribution >= 0.6 is 23.2 Å². The van der Waals surface area contributed by atoms with Gasteiger partial charge in [-0.3, -0.25) is 4.79 Å². The van der Waals surface area contributed by atoms with Gasteiger partial charge in [-0.25, -0.2) is 4.68 Å². The van der Waals surface area contributed by atoms with Gasteiger partial charge in [0.15, 0.2) is 0 Å². The SMILES string of the molecule is O=c1c(Cl)c(Cl)cnn1CCC12CC3CC(CC(C3)C1)C2. The van der Waals surface area contributed by atoms with E-state index in [1.807, 2.05) is 0 Å². The van der Waals surface area contributed by atoms with Crippen LogP contribution in [0.2, 0.25) is 10.0 Å². The second-order valence-electron chi connectivity index (χ2n) is 7.50. The summed E-state index contributed by atoms with van der Waals surface area (Å²) in [5, 5.41) is 4.48. The molecule has 0 aliphatic heterocycles. The number of aromatic nitrogens is 2. The Morgan fingerprint density at radius 1 is 1.14 bits per heavy atom. The van der Waals surface area contributed by atoms with Gasteiger partial charge in [-0.15, -0.1) is 0 Å². The molecule has 4 aliphatic carbocycles. The van der Waals surface area contributed by atoms with Crippen LogP contribution in [-0.2, 0) is 6.54 Å². The summed E-state index contributed by atoms with van der Waals surface area (Å²) in [5.74, 6) is 2.82. The molecule has 5 heteroatoms. The summed E-state index contributed by atoms with van der Waals surface area (Å²) in [6.45, 7) is 0.669. The lowest BCUT2D eigenvalue weighted by Crippen LogP contribution is -2.46. The fraction of sp³-hybridized carbons (Fsp3) is 0.750. The molecular formula is C16H20Cl2N2O. The number of hydrogen-bond donors (Lipinski definition) is 0. The van der Waals surface area contributed by atoms with Crippen molar-refractivity contribution in [1.82, 2.24) is 9.78 Å². The first-order chi connectivity index (χ1) is 10.0. The fourth-order valence-electron chi connectivity index (χ4n) is 5.54. The molecule has 1 heterocycles. The molecule has 0 N–H and O–H groups in total. The van der Waals surface area contributed by atoms with E-state index in [2.05, 4.69) is 5.10 Å². The Morgan fingerprint density at radius 3 is 2.29 bits per heavy atom. The molecule has 0 radical (unpaired) electrons. The van der Waals surface area contributed by atoms with Crippen LogP contribution in [-0.4, -0.2) is 9.78 Å². The smallest absolute Gasteiger partial charge is 0.266 e. The lowest BCUT2D eigenvalue weighted by atomic mass is 9.49. The van der Waals surface area contributed by atoms with Crippen molar-refractivity contribution in [3.05, 3.63) is 26.6 Å². The fourth-order valence-corrected chi connectivity index (χ4v) is 5.81. The summed E-state index contributed by atoms with van der Waals surface area (Å²) in [7, 11) is 0. The van der Waals surface area contributed by atoms with Crippen molar-refractivity contribution < 1.29 is 0 Å². The van der Waals surface area contributed by atoms with Gasteiger partial charge in [0.05, 0.1) is 11.2 Å². The third kappa shape index (κ3) is 2.43. The molecule has 0 saturated heterocycles. The summed E-state index contributed by atoms with van der Waals surface area (Å²) in [6, 6.07) is 0. The first-order valence-corrected chi connectivity index (χ1v) is 8.71. The maximum Gasteiger partial charge on any atom is 0.287 e. The molecule has 21 heavy (non-hydrogen) atoms.